The number of hydrogen-bond acceptors (Lipinski definition) is 4. The van der Waals surface area contributed by atoms with Gasteiger partial charge in [-0.25, -0.2) is 4.79 Å². The van der Waals surface area contributed by atoms with Crippen molar-refractivity contribution in [1.82, 2.24) is 8.85 Å². The highest BCUT2D eigenvalue weighted by Gasteiger charge is 2.15. The number of ether oxygens (including phenoxy) is 1. The molecule has 0 rings (SSSR count). The lowest BCUT2D eigenvalue weighted by atomic mass is 10.1. The van der Waals surface area contributed by atoms with Crippen LogP contribution in [-0.2, 0) is 9.53 Å². The van der Waals surface area contributed by atoms with E-state index in [9.17, 15) is 9.59 Å². The number of halogens is 1. The Morgan fingerprint density at radius 3 is 2.53 bits per heavy atom. The first kappa shape index (κ1) is 16.6. The van der Waals surface area contributed by atoms with Crippen LogP contribution in [0.5, 0.6) is 0 Å². The van der Waals surface area contributed by atoms with Crippen LogP contribution in [0.2, 0.25) is 0 Å². The van der Waals surface area contributed by atoms with E-state index >= 15 is 0 Å². The molecule has 0 aliphatic carbocycles. The van der Waals surface area contributed by atoms with E-state index in [0.29, 0.717) is 6.54 Å². The molecule has 0 aromatic carbocycles. The van der Waals surface area contributed by atoms with Gasteiger partial charge in [0.15, 0.2) is 0 Å². The first-order valence-corrected chi connectivity index (χ1v) is 6.75. The van der Waals surface area contributed by atoms with Crippen molar-refractivity contribution in [3.05, 3.63) is 0 Å². The zero-order valence-corrected chi connectivity index (χ0v) is 12.7. The second kappa shape index (κ2) is 8.68. The van der Waals surface area contributed by atoms with Crippen LogP contribution in [-0.4, -0.2) is 30.6 Å². The predicted molar refractivity (Wildman–Crippen MR) is 75.1 cm³/mol. The third-order valence-electron chi connectivity index (χ3n) is 1.91. The average Bonchev–Trinajstić information content (AvgIpc) is 2.21. The molecule has 100 valence electrons. The summed E-state index contributed by atoms with van der Waals surface area (Å²) < 4.78 is 7.96. The van der Waals surface area contributed by atoms with Crippen LogP contribution < -0.4 is 8.85 Å². The van der Waals surface area contributed by atoms with E-state index in [1.807, 2.05) is 43.6 Å². The van der Waals surface area contributed by atoms with Crippen LogP contribution in [0.15, 0.2) is 0 Å². The fourth-order valence-electron chi connectivity index (χ4n) is 1.14. The Balaban J connectivity index is 3.52. The van der Waals surface area contributed by atoms with Crippen molar-refractivity contribution in [2.75, 3.05) is 6.54 Å². The Kier molecular flexibility index (Phi) is 8.49. The molecule has 0 bridgehead atoms. The van der Waals surface area contributed by atoms with Crippen LogP contribution >= 0.6 is 22.9 Å². The molecule has 1 atom stereocenters. The Labute approximate surface area is 117 Å². The number of rotatable bonds is 7. The summed E-state index contributed by atoms with van der Waals surface area (Å²) in [5.74, 6) is 0. The van der Waals surface area contributed by atoms with Gasteiger partial charge in [0.25, 0.3) is 0 Å². The highest BCUT2D eigenvalue weighted by Crippen LogP contribution is 2.06. The van der Waals surface area contributed by atoms with Gasteiger partial charge in [0.2, 0.25) is 0 Å². The Hall–Kier alpha value is -0.370. The smallest absolute Gasteiger partial charge is 0.407 e. The fourth-order valence-corrected chi connectivity index (χ4v) is 1.60. The molecule has 2 N–H and O–H groups in total. The number of unbranched alkanes of at least 4 members (excludes halogenated alkanes) is 1. The number of carbonyl (C=O) groups excluding carboxylic acids is 2. The summed E-state index contributed by atoms with van der Waals surface area (Å²) in [4.78, 5) is 21.8. The normalized spacial score (nSPS) is 12.9. The van der Waals surface area contributed by atoms with Gasteiger partial charge in [-0.3, -0.25) is 3.53 Å². The standard InChI is InChI=1S/C11H21IN2O3/c1-11(2,3)17-10(16)13-7-5-4-6-9(8-15)14-12/h8-9,14H,4-7H2,1-3H3,(H,13,16)/t9-/m0/s1. The summed E-state index contributed by atoms with van der Waals surface area (Å²) in [6.45, 7) is 6.05. The van der Waals surface area contributed by atoms with Gasteiger partial charge in [0.1, 0.15) is 11.9 Å². The minimum absolute atomic E-state index is 0.0999. The average molecular weight is 356 g/mol. The second-order valence-corrected chi connectivity index (χ2v) is 5.40. The molecule has 6 heteroatoms. The minimum atomic E-state index is -0.460. The van der Waals surface area contributed by atoms with E-state index in [1.165, 1.54) is 0 Å². The van der Waals surface area contributed by atoms with Crippen molar-refractivity contribution in [3.8, 4) is 0 Å². The number of nitrogens with one attached hydrogen (secondary N) is 2. The third-order valence-corrected chi connectivity index (χ3v) is 2.71. The van der Waals surface area contributed by atoms with Gasteiger partial charge in [0, 0.05) is 29.4 Å². The molecule has 0 saturated heterocycles. The monoisotopic (exact) mass is 356 g/mol. The highest BCUT2D eigenvalue weighted by molar-refractivity contribution is 14.1. The van der Waals surface area contributed by atoms with Crippen LogP contribution in [0, 0.1) is 0 Å². The van der Waals surface area contributed by atoms with E-state index in [0.717, 1.165) is 25.5 Å². The minimum Gasteiger partial charge on any atom is -0.444 e. The quantitative estimate of drug-likeness (QED) is 0.318. The van der Waals surface area contributed by atoms with E-state index in [-0.39, 0.29) is 6.04 Å². The van der Waals surface area contributed by atoms with Crippen LogP contribution in [0.4, 0.5) is 4.79 Å². The van der Waals surface area contributed by atoms with Gasteiger partial charge in [0.05, 0.1) is 6.04 Å². The molecular formula is C11H21IN2O3. The highest BCUT2D eigenvalue weighted by atomic mass is 127. The maximum Gasteiger partial charge on any atom is 0.407 e. The van der Waals surface area contributed by atoms with Crippen molar-refractivity contribution in [1.29, 1.82) is 0 Å². The summed E-state index contributed by atoms with van der Waals surface area (Å²) in [5, 5.41) is 2.68. The summed E-state index contributed by atoms with van der Waals surface area (Å²) >= 11 is 1.96. The summed E-state index contributed by atoms with van der Waals surface area (Å²) in [7, 11) is 0. The summed E-state index contributed by atoms with van der Waals surface area (Å²) in [6, 6.07) is -0.0999. The van der Waals surface area contributed by atoms with Crippen molar-refractivity contribution in [2.24, 2.45) is 0 Å². The molecular weight excluding hydrogens is 335 g/mol. The molecule has 0 spiro atoms. The Morgan fingerprint density at radius 1 is 1.41 bits per heavy atom. The lowest BCUT2D eigenvalue weighted by Gasteiger charge is -2.19. The lowest BCUT2D eigenvalue weighted by molar-refractivity contribution is -0.109. The van der Waals surface area contributed by atoms with Crippen LogP contribution in [0.1, 0.15) is 40.0 Å². The topological polar surface area (TPSA) is 67.4 Å². The molecule has 0 heterocycles. The summed E-state index contributed by atoms with van der Waals surface area (Å²) in [5.41, 5.74) is -0.460. The molecule has 0 radical (unpaired) electrons. The van der Waals surface area contributed by atoms with Crippen LogP contribution in [0.3, 0.4) is 0 Å². The van der Waals surface area contributed by atoms with E-state index in [1.54, 1.807) is 0 Å². The van der Waals surface area contributed by atoms with E-state index in [4.69, 9.17) is 4.74 Å². The number of amides is 1. The van der Waals surface area contributed by atoms with Gasteiger partial charge in [-0.05, 0) is 40.0 Å². The molecule has 0 unspecified atom stereocenters. The van der Waals surface area contributed by atoms with Crippen molar-refractivity contribution in [3.63, 3.8) is 0 Å². The molecule has 0 aliphatic heterocycles. The van der Waals surface area contributed by atoms with Crippen molar-refractivity contribution < 1.29 is 14.3 Å². The largest absolute Gasteiger partial charge is 0.444 e. The van der Waals surface area contributed by atoms with Gasteiger partial charge >= 0.3 is 6.09 Å². The maximum atomic E-state index is 11.3. The SMILES string of the molecule is CC(C)(C)OC(=O)NCCCC[C@@H](C=O)NI. The number of carbonyl (C=O) groups is 2. The first-order chi connectivity index (χ1) is 7.89. The lowest BCUT2D eigenvalue weighted by Crippen LogP contribution is -2.33. The van der Waals surface area contributed by atoms with Crippen molar-refractivity contribution >= 4 is 35.2 Å². The number of aldehydes is 1. The van der Waals surface area contributed by atoms with E-state index in [2.05, 4.69) is 8.85 Å². The zero-order valence-electron chi connectivity index (χ0n) is 10.6. The van der Waals surface area contributed by atoms with Crippen molar-refractivity contribution in [2.45, 2.75) is 51.7 Å². The molecule has 0 saturated carbocycles. The molecule has 0 aromatic heterocycles. The molecule has 0 fully saturated rings. The molecule has 1 amide bonds. The zero-order chi connectivity index (χ0) is 13.3. The number of hydrogen-bond donors (Lipinski definition) is 2. The summed E-state index contributed by atoms with van der Waals surface area (Å²) in [6.07, 6.45) is 3.00. The predicted octanol–water partition coefficient (Wildman–Crippen LogP) is 2.19. The van der Waals surface area contributed by atoms with Gasteiger partial charge in [-0.15, -0.1) is 0 Å². The third kappa shape index (κ3) is 10.5. The van der Waals surface area contributed by atoms with Crippen LogP contribution in [0.25, 0.3) is 0 Å². The second-order valence-electron chi connectivity index (χ2n) is 4.78. The van der Waals surface area contributed by atoms with E-state index < -0.39 is 11.7 Å². The fraction of sp³-hybridized carbons (Fsp3) is 0.818. The number of alkyl carbamates (subject to hydrolysis) is 1. The van der Waals surface area contributed by atoms with Gasteiger partial charge < -0.3 is 14.8 Å². The molecule has 0 aliphatic rings. The van der Waals surface area contributed by atoms with Gasteiger partial charge in [-0.2, -0.15) is 0 Å². The first-order valence-electron chi connectivity index (χ1n) is 5.67. The maximum absolute atomic E-state index is 11.3. The Morgan fingerprint density at radius 2 is 2.06 bits per heavy atom. The van der Waals surface area contributed by atoms with Gasteiger partial charge in [-0.1, -0.05) is 0 Å². The molecule has 0 aromatic rings. The molecule has 5 nitrogen and oxygen atoms in total. The Bertz CT molecular complexity index is 241. The molecule has 17 heavy (non-hydrogen) atoms.